The zero-order valence-corrected chi connectivity index (χ0v) is 16.6. The molecule has 174 valence electrons. The van der Waals surface area contributed by atoms with E-state index in [4.69, 9.17) is 15.3 Å². The number of hydrogen-bond donors (Lipinski definition) is 5. The molecule has 0 saturated carbocycles. The first-order chi connectivity index (χ1) is 14.3. The van der Waals surface area contributed by atoms with Crippen molar-refractivity contribution in [1.29, 1.82) is 0 Å². The number of hydroxylamine groups is 2. The first-order valence-electron chi connectivity index (χ1n) is 9.46. The number of aliphatic carboxylic acids is 3. The van der Waals surface area contributed by atoms with Crippen molar-refractivity contribution in [1.82, 2.24) is 5.06 Å². The fourth-order valence-electron chi connectivity index (χ4n) is 3.24. The van der Waals surface area contributed by atoms with Crippen molar-refractivity contribution in [3.63, 3.8) is 0 Å². The highest BCUT2D eigenvalue weighted by atomic mass is 16.7. The first kappa shape index (κ1) is 26.0. The van der Waals surface area contributed by atoms with Gasteiger partial charge in [-0.1, -0.05) is 0 Å². The highest BCUT2D eigenvalue weighted by Gasteiger charge is 2.49. The Morgan fingerprint density at radius 1 is 0.710 bits per heavy atom. The minimum absolute atomic E-state index is 0.140. The Kier molecular flexibility index (Phi) is 9.06. The molecular weight excluding hydrogens is 422 g/mol. The molecule has 0 aliphatic carbocycles. The number of carboxylic acids is 3. The summed E-state index contributed by atoms with van der Waals surface area (Å²) in [7, 11) is 0. The molecule has 13 heteroatoms. The molecule has 1 saturated heterocycles. The molecule has 0 aromatic carbocycles. The van der Waals surface area contributed by atoms with Gasteiger partial charge in [-0.3, -0.25) is 24.0 Å². The second-order valence-electron chi connectivity index (χ2n) is 7.29. The number of carbonyl (C=O) groups is 6. The number of nitrogens with zero attached hydrogens (tertiary/aromatic N) is 1. The van der Waals surface area contributed by atoms with Gasteiger partial charge in [0.2, 0.25) is 0 Å². The maximum absolute atomic E-state index is 12.1. The standard InChI is InChI=1S/C18H25NO12/c20-11-1-2-12(21)19(11)31-16(28)6-10-18(30,9-5-15(26)27)17(29,7-3-13(22)23)8-4-14(24)25/h29-30H,1-10H2,(H,22,23)(H,24,25)(H,26,27). The summed E-state index contributed by atoms with van der Waals surface area (Å²) in [5.41, 5.74) is -4.72. The number of rotatable bonds is 14. The smallest absolute Gasteiger partial charge is 0.333 e. The molecule has 1 aliphatic rings. The second kappa shape index (κ2) is 10.8. The van der Waals surface area contributed by atoms with E-state index in [1.165, 1.54) is 0 Å². The van der Waals surface area contributed by atoms with Crippen LogP contribution in [0.15, 0.2) is 0 Å². The van der Waals surface area contributed by atoms with Crippen LogP contribution in [0, 0.1) is 0 Å². The fraction of sp³-hybridized carbons (Fsp3) is 0.667. The monoisotopic (exact) mass is 447 g/mol. The zero-order valence-electron chi connectivity index (χ0n) is 16.6. The third-order valence-corrected chi connectivity index (χ3v) is 5.07. The minimum atomic E-state index is -2.37. The van der Waals surface area contributed by atoms with Gasteiger partial charge in [0.1, 0.15) is 0 Å². The summed E-state index contributed by atoms with van der Waals surface area (Å²) in [4.78, 5) is 72.7. The van der Waals surface area contributed by atoms with Gasteiger partial charge in [0, 0.05) is 32.1 Å². The predicted octanol–water partition coefficient (Wildman–Crippen LogP) is -0.570. The molecule has 1 heterocycles. The second-order valence-corrected chi connectivity index (χ2v) is 7.29. The SMILES string of the molecule is O=C(O)CCC(O)(CCC(=O)O)C(O)(CCC(=O)O)CCC(=O)ON1C(=O)CCC1=O. The lowest BCUT2D eigenvalue weighted by Gasteiger charge is -2.43. The van der Waals surface area contributed by atoms with E-state index < -0.39 is 98.3 Å². The molecule has 31 heavy (non-hydrogen) atoms. The van der Waals surface area contributed by atoms with Crippen molar-refractivity contribution in [3.8, 4) is 0 Å². The van der Waals surface area contributed by atoms with Crippen LogP contribution in [0.25, 0.3) is 0 Å². The van der Waals surface area contributed by atoms with Gasteiger partial charge in [-0.25, -0.2) is 4.79 Å². The van der Waals surface area contributed by atoms with E-state index >= 15 is 0 Å². The van der Waals surface area contributed by atoms with Crippen LogP contribution in [0.2, 0.25) is 0 Å². The van der Waals surface area contributed by atoms with Crippen LogP contribution in [-0.2, 0) is 33.6 Å². The molecular formula is C18H25NO12. The normalized spacial score (nSPS) is 16.1. The molecule has 1 unspecified atom stereocenters. The molecule has 5 N–H and O–H groups in total. The van der Waals surface area contributed by atoms with E-state index in [-0.39, 0.29) is 17.9 Å². The molecule has 2 amide bonds. The fourth-order valence-corrected chi connectivity index (χ4v) is 3.24. The number of carboxylic acid groups (broad SMARTS) is 3. The van der Waals surface area contributed by atoms with Gasteiger partial charge in [-0.2, -0.15) is 0 Å². The first-order valence-corrected chi connectivity index (χ1v) is 9.46. The number of amides is 2. The Morgan fingerprint density at radius 3 is 1.35 bits per heavy atom. The van der Waals surface area contributed by atoms with Crippen LogP contribution >= 0.6 is 0 Å². The average Bonchev–Trinajstić information content (AvgIpc) is 2.99. The van der Waals surface area contributed by atoms with Gasteiger partial charge in [0.05, 0.1) is 17.6 Å². The van der Waals surface area contributed by atoms with Crippen LogP contribution in [0.3, 0.4) is 0 Å². The largest absolute Gasteiger partial charge is 0.481 e. The van der Waals surface area contributed by atoms with Gasteiger partial charge < -0.3 is 30.4 Å². The molecule has 0 aromatic rings. The van der Waals surface area contributed by atoms with Gasteiger partial charge in [-0.05, 0) is 25.7 Å². The van der Waals surface area contributed by atoms with Crippen LogP contribution in [0.4, 0.5) is 0 Å². The minimum Gasteiger partial charge on any atom is -0.481 e. The summed E-state index contributed by atoms with van der Waals surface area (Å²) in [6.45, 7) is 0. The van der Waals surface area contributed by atoms with Crippen molar-refractivity contribution in [3.05, 3.63) is 0 Å². The van der Waals surface area contributed by atoms with Crippen LogP contribution in [0.5, 0.6) is 0 Å². The summed E-state index contributed by atoms with van der Waals surface area (Å²) in [6, 6.07) is 0. The lowest BCUT2D eigenvalue weighted by atomic mass is 9.71. The quantitative estimate of drug-likeness (QED) is 0.212. The van der Waals surface area contributed by atoms with Gasteiger partial charge >= 0.3 is 23.9 Å². The highest BCUT2D eigenvalue weighted by molar-refractivity contribution is 6.01. The summed E-state index contributed by atoms with van der Waals surface area (Å²) < 4.78 is 0. The van der Waals surface area contributed by atoms with Gasteiger partial charge in [0.15, 0.2) is 0 Å². The topological polar surface area (TPSA) is 216 Å². The Bertz CT molecular complexity index is 714. The summed E-state index contributed by atoms with van der Waals surface area (Å²) in [5, 5.41) is 49.1. The van der Waals surface area contributed by atoms with Crippen molar-refractivity contribution >= 4 is 35.7 Å². The Hall–Kier alpha value is -3.06. The average molecular weight is 447 g/mol. The molecule has 1 atom stereocenters. The van der Waals surface area contributed by atoms with Crippen LogP contribution in [-0.4, -0.2) is 77.5 Å². The lowest BCUT2D eigenvalue weighted by molar-refractivity contribution is -0.201. The van der Waals surface area contributed by atoms with Crippen LogP contribution in [0.1, 0.15) is 64.2 Å². The van der Waals surface area contributed by atoms with Crippen molar-refractivity contribution in [2.45, 2.75) is 75.4 Å². The molecule has 1 aliphatic heterocycles. The van der Waals surface area contributed by atoms with Crippen LogP contribution < -0.4 is 0 Å². The Balaban J connectivity index is 3.02. The Labute approximate surface area is 176 Å². The third-order valence-electron chi connectivity index (χ3n) is 5.07. The lowest BCUT2D eigenvalue weighted by Crippen LogP contribution is -2.55. The van der Waals surface area contributed by atoms with E-state index in [0.29, 0.717) is 0 Å². The van der Waals surface area contributed by atoms with E-state index in [2.05, 4.69) is 4.84 Å². The van der Waals surface area contributed by atoms with Crippen molar-refractivity contribution < 1.29 is 59.1 Å². The summed E-state index contributed by atoms with van der Waals surface area (Å²) in [5.74, 6) is -6.65. The maximum atomic E-state index is 12.1. The molecule has 0 aromatic heterocycles. The third kappa shape index (κ3) is 7.61. The molecule has 0 bridgehead atoms. The molecule has 13 nitrogen and oxygen atoms in total. The molecule has 0 radical (unpaired) electrons. The van der Waals surface area contributed by atoms with E-state index in [9.17, 15) is 39.0 Å². The van der Waals surface area contributed by atoms with Crippen molar-refractivity contribution in [2.24, 2.45) is 0 Å². The zero-order chi connectivity index (χ0) is 23.8. The van der Waals surface area contributed by atoms with E-state index in [0.717, 1.165) is 0 Å². The molecule has 1 fully saturated rings. The summed E-state index contributed by atoms with van der Waals surface area (Å²) in [6.07, 6.45) is -5.41. The molecule has 1 rings (SSSR count). The highest BCUT2D eigenvalue weighted by Crippen LogP contribution is 2.39. The summed E-state index contributed by atoms with van der Waals surface area (Å²) >= 11 is 0. The number of imide groups is 1. The maximum Gasteiger partial charge on any atom is 0.333 e. The Morgan fingerprint density at radius 2 is 1.03 bits per heavy atom. The van der Waals surface area contributed by atoms with E-state index in [1.807, 2.05) is 0 Å². The van der Waals surface area contributed by atoms with Crippen molar-refractivity contribution in [2.75, 3.05) is 0 Å². The molecule has 0 spiro atoms. The number of hydrogen-bond acceptors (Lipinski definition) is 9. The predicted molar refractivity (Wildman–Crippen MR) is 96.9 cm³/mol. The van der Waals surface area contributed by atoms with Gasteiger partial charge in [0.25, 0.3) is 11.8 Å². The van der Waals surface area contributed by atoms with E-state index in [1.54, 1.807) is 0 Å². The number of aliphatic hydroxyl groups is 2. The van der Waals surface area contributed by atoms with Gasteiger partial charge in [-0.15, -0.1) is 5.06 Å². The number of carbonyl (C=O) groups excluding carboxylic acids is 3.